The smallest absolute Gasteiger partial charge is 0.123 e. The molecule has 0 radical (unpaired) electrons. The summed E-state index contributed by atoms with van der Waals surface area (Å²) >= 11 is 3.58. The van der Waals surface area contributed by atoms with Gasteiger partial charge in [0.2, 0.25) is 0 Å². The second-order valence-electron chi connectivity index (χ2n) is 4.70. The zero-order valence-electron chi connectivity index (χ0n) is 10.7. The van der Waals surface area contributed by atoms with Crippen molar-refractivity contribution in [2.45, 2.75) is 32.1 Å². The van der Waals surface area contributed by atoms with Gasteiger partial charge < -0.3 is 10.6 Å². The molecule has 0 bridgehead atoms. The molecule has 0 saturated heterocycles. The summed E-state index contributed by atoms with van der Waals surface area (Å²) in [5, 5.41) is 4.02. The van der Waals surface area contributed by atoms with Gasteiger partial charge in [0.25, 0.3) is 0 Å². The van der Waals surface area contributed by atoms with Crippen LogP contribution in [0.25, 0.3) is 0 Å². The van der Waals surface area contributed by atoms with Crippen LogP contribution < -0.4 is 10.6 Å². The molecule has 1 aliphatic rings. The summed E-state index contributed by atoms with van der Waals surface area (Å²) in [6, 6.07) is 5.98. The highest BCUT2D eigenvalue weighted by Crippen LogP contribution is 2.32. The van der Waals surface area contributed by atoms with Crippen LogP contribution in [0.3, 0.4) is 0 Å². The van der Waals surface area contributed by atoms with Crippen molar-refractivity contribution in [1.82, 2.24) is 0 Å². The molecule has 98 valence electrons. The summed E-state index contributed by atoms with van der Waals surface area (Å²) in [6.07, 6.45) is 5.77. The largest absolute Gasteiger partial charge is 0.496 e. The molecule has 1 aromatic carbocycles. The number of methoxy groups -OCH3 is 1. The first-order chi connectivity index (χ1) is 8.76. The molecule has 1 aromatic rings. The van der Waals surface area contributed by atoms with Crippen molar-refractivity contribution in [3.05, 3.63) is 28.2 Å². The molecule has 3 nitrogen and oxygen atoms in total. The van der Waals surface area contributed by atoms with Crippen molar-refractivity contribution in [3.8, 4) is 5.75 Å². The van der Waals surface area contributed by atoms with Gasteiger partial charge in [-0.05, 0) is 30.9 Å². The molecular weight excluding hydrogens is 292 g/mol. The van der Waals surface area contributed by atoms with Crippen molar-refractivity contribution in [1.29, 1.82) is 0 Å². The van der Waals surface area contributed by atoms with Crippen molar-refractivity contribution in [2.24, 2.45) is 16.9 Å². The molecule has 0 heterocycles. The zero-order chi connectivity index (χ0) is 13.0. The van der Waals surface area contributed by atoms with Gasteiger partial charge in [0.1, 0.15) is 5.75 Å². The van der Waals surface area contributed by atoms with E-state index in [1.165, 1.54) is 25.7 Å². The number of benzene rings is 1. The second-order valence-corrected chi connectivity index (χ2v) is 5.55. The lowest BCUT2D eigenvalue weighted by Gasteiger charge is -2.15. The van der Waals surface area contributed by atoms with Crippen LogP contribution in [0, 0.1) is 5.92 Å². The fraction of sp³-hybridized carbons (Fsp3) is 0.500. The number of hydrogen-bond donors (Lipinski definition) is 1. The Hall–Kier alpha value is -1.03. The minimum Gasteiger partial charge on any atom is -0.496 e. The lowest BCUT2D eigenvalue weighted by molar-refractivity contribution is 0.410. The van der Waals surface area contributed by atoms with Gasteiger partial charge in [-0.15, -0.1) is 0 Å². The summed E-state index contributed by atoms with van der Waals surface area (Å²) < 4.78 is 6.46. The number of hydrazone groups is 1. The molecule has 1 aliphatic carbocycles. The van der Waals surface area contributed by atoms with Gasteiger partial charge in [-0.25, -0.2) is 0 Å². The maximum Gasteiger partial charge on any atom is 0.123 e. The lowest BCUT2D eigenvalue weighted by atomic mass is 9.95. The molecule has 1 fully saturated rings. The number of hydrogen-bond acceptors (Lipinski definition) is 3. The van der Waals surface area contributed by atoms with Crippen LogP contribution in [-0.4, -0.2) is 12.8 Å². The minimum atomic E-state index is 0.548. The molecule has 0 aromatic heterocycles. The highest BCUT2D eigenvalue weighted by Gasteiger charge is 2.22. The third-order valence-corrected chi connectivity index (χ3v) is 4.39. The van der Waals surface area contributed by atoms with Gasteiger partial charge >= 0.3 is 0 Å². The van der Waals surface area contributed by atoms with E-state index >= 15 is 0 Å². The van der Waals surface area contributed by atoms with E-state index in [0.29, 0.717) is 5.92 Å². The molecule has 2 rings (SSSR count). The van der Waals surface area contributed by atoms with Crippen LogP contribution in [0.1, 0.15) is 31.2 Å². The van der Waals surface area contributed by atoms with Gasteiger partial charge in [0, 0.05) is 22.2 Å². The molecular formula is C14H19BrN2O. The average Bonchev–Trinajstić information content (AvgIpc) is 2.91. The van der Waals surface area contributed by atoms with Crippen molar-refractivity contribution in [3.63, 3.8) is 0 Å². The van der Waals surface area contributed by atoms with E-state index in [4.69, 9.17) is 10.6 Å². The van der Waals surface area contributed by atoms with Crippen LogP contribution in [0.2, 0.25) is 0 Å². The Balaban J connectivity index is 2.21. The Kier molecular flexibility index (Phi) is 4.64. The Morgan fingerprint density at radius 3 is 2.78 bits per heavy atom. The summed E-state index contributed by atoms with van der Waals surface area (Å²) in [5.41, 5.74) is 2.23. The van der Waals surface area contributed by atoms with Crippen LogP contribution in [0.15, 0.2) is 27.8 Å². The zero-order valence-corrected chi connectivity index (χ0v) is 12.2. The summed E-state index contributed by atoms with van der Waals surface area (Å²) in [6.45, 7) is 0. The van der Waals surface area contributed by atoms with Crippen molar-refractivity contribution in [2.75, 3.05) is 7.11 Å². The van der Waals surface area contributed by atoms with Crippen LogP contribution in [0.5, 0.6) is 5.75 Å². The first-order valence-electron chi connectivity index (χ1n) is 6.34. The molecule has 0 spiro atoms. The summed E-state index contributed by atoms with van der Waals surface area (Å²) in [5.74, 6) is 7.01. The highest BCUT2D eigenvalue weighted by molar-refractivity contribution is 9.10. The molecule has 2 N–H and O–H groups in total. The maximum atomic E-state index is 5.57. The van der Waals surface area contributed by atoms with E-state index in [-0.39, 0.29) is 0 Å². The molecule has 0 unspecified atom stereocenters. The SMILES string of the molecule is COc1cccc(Br)c1CC(=NN)C1CCCC1. The molecule has 0 amide bonds. The number of nitrogens with zero attached hydrogens (tertiary/aromatic N) is 1. The predicted octanol–water partition coefficient (Wildman–Crippen LogP) is 3.51. The van der Waals surface area contributed by atoms with E-state index in [2.05, 4.69) is 21.0 Å². The Morgan fingerprint density at radius 1 is 1.44 bits per heavy atom. The van der Waals surface area contributed by atoms with Gasteiger partial charge in [-0.3, -0.25) is 0 Å². The third kappa shape index (κ3) is 2.86. The summed E-state index contributed by atoms with van der Waals surface area (Å²) in [4.78, 5) is 0. The predicted molar refractivity (Wildman–Crippen MR) is 78.0 cm³/mol. The van der Waals surface area contributed by atoms with Crippen LogP contribution in [-0.2, 0) is 6.42 Å². The molecule has 0 aliphatic heterocycles. The van der Waals surface area contributed by atoms with Gasteiger partial charge in [-0.2, -0.15) is 5.10 Å². The second kappa shape index (κ2) is 6.23. The number of ether oxygens (including phenoxy) is 1. The molecule has 1 saturated carbocycles. The first kappa shape index (κ1) is 13.4. The number of nitrogens with two attached hydrogens (primary N) is 1. The topological polar surface area (TPSA) is 47.6 Å². The van der Waals surface area contributed by atoms with E-state index in [9.17, 15) is 0 Å². The average molecular weight is 311 g/mol. The Labute approximate surface area is 117 Å². The third-order valence-electron chi connectivity index (χ3n) is 3.65. The van der Waals surface area contributed by atoms with E-state index < -0.39 is 0 Å². The molecule has 4 heteroatoms. The monoisotopic (exact) mass is 310 g/mol. The normalized spacial score (nSPS) is 17.1. The van der Waals surface area contributed by atoms with Gasteiger partial charge in [-0.1, -0.05) is 34.8 Å². The van der Waals surface area contributed by atoms with Crippen LogP contribution >= 0.6 is 15.9 Å². The van der Waals surface area contributed by atoms with Gasteiger partial charge in [0.05, 0.1) is 7.11 Å². The van der Waals surface area contributed by atoms with E-state index in [1.807, 2.05) is 18.2 Å². The van der Waals surface area contributed by atoms with Crippen LogP contribution in [0.4, 0.5) is 0 Å². The number of halogens is 1. The highest BCUT2D eigenvalue weighted by atomic mass is 79.9. The van der Waals surface area contributed by atoms with E-state index in [0.717, 1.165) is 27.9 Å². The quantitative estimate of drug-likeness (QED) is 0.525. The van der Waals surface area contributed by atoms with Gasteiger partial charge in [0.15, 0.2) is 0 Å². The molecule has 18 heavy (non-hydrogen) atoms. The fourth-order valence-electron chi connectivity index (χ4n) is 2.64. The minimum absolute atomic E-state index is 0.548. The first-order valence-corrected chi connectivity index (χ1v) is 7.13. The van der Waals surface area contributed by atoms with Crippen molar-refractivity contribution >= 4 is 21.6 Å². The number of rotatable bonds is 4. The molecule has 0 atom stereocenters. The summed E-state index contributed by atoms with van der Waals surface area (Å²) in [7, 11) is 1.69. The maximum absolute atomic E-state index is 5.57. The van der Waals surface area contributed by atoms with Crippen molar-refractivity contribution < 1.29 is 4.74 Å². The standard InChI is InChI=1S/C14H19BrN2O/c1-18-14-8-4-7-12(15)11(14)9-13(17-16)10-5-2-3-6-10/h4,7-8,10H,2-3,5-6,9,16H2,1H3. The van der Waals surface area contributed by atoms with E-state index in [1.54, 1.807) is 7.11 Å². The lowest BCUT2D eigenvalue weighted by Crippen LogP contribution is -2.17. The Bertz CT molecular complexity index is 439. The fourth-order valence-corrected chi connectivity index (χ4v) is 3.13. The Morgan fingerprint density at radius 2 is 2.17 bits per heavy atom.